The van der Waals surface area contributed by atoms with Crippen molar-refractivity contribution in [3.8, 4) is 17.2 Å². The number of carbonyl (C=O) groups is 1. The summed E-state index contributed by atoms with van der Waals surface area (Å²) in [6, 6.07) is 23.3. The highest BCUT2D eigenvalue weighted by atomic mass is 16.5. The van der Waals surface area contributed by atoms with E-state index in [0.717, 1.165) is 38.6 Å². The summed E-state index contributed by atoms with van der Waals surface area (Å²) < 4.78 is 11.4. The van der Waals surface area contributed by atoms with Crippen LogP contribution in [-0.4, -0.2) is 18.0 Å². The number of fused-ring (bicyclic) bond motifs is 2. The molecule has 5 nitrogen and oxygen atoms in total. The van der Waals surface area contributed by atoms with Crippen molar-refractivity contribution in [3.05, 3.63) is 89.5 Å². The highest BCUT2D eigenvalue weighted by molar-refractivity contribution is 6.09. The summed E-state index contributed by atoms with van der Waals surface area (Å²) in [4.78, 5) is 17.8. The Morgan fingerprint density at radius 3 is 2.50 bits per heavy atom. The molecule has 1 aromatic heterocycles. The van der Waals surface area contributed by atoms with Crippen LogP contribution in [-0.2, 0) is 0 Å². The molecule has 0 radical (unpaired) electrons. The standard InChI is InChI=1S/C27H22N2O3/c1-16-8-11-24-23(12-16)29-27(32-24)20-10-9-17(2)22(14-20)28-26(30)21-13-18-6-4-5-7-19(18)15-25(21)31-3/h4-15H,1-3H3,(H,28,30). The molecule has 0 unspecified atom stereocenters. The molecule has 1 heterocycles. The molecule has 1 N–H and O–H groups in total. The van der Waals surface area contributed by atoms with Crippen molar-refractivity contribution in [1.82, 2.24) is 4.98 Å². The Morgan fingerprint density at radius 2 is 1.72 bits per heavy atom. The van der Waals surface area contributed by atoms with Gasteiger partial charge in [0.1, 0.15) is 11.3 Å². The van der Waals surface area contributed by atoms with Gasteiger partial charge in [0.2, 0.25) is 5.89 Å². The molecule has 1 amide bonds. The third-order valence-electron chi connectivity index (χ3n) is 5.59. The number of aryl methyl sites for hydroxylation is 2. The van der Waals surface area contributed by atoms with E-state index in [1.807, 2.05) is 86.6 Å². The number of hydrogen-bond acceptors (Lipinski definition) is 4. The first-order valence-corrected chi connectivity index (χ1v) is 10.4. The third kappa shape index (κ3) is 3.58. The Balaban J connectivity index is 1.50. The highest BCUT2D eigenvalue weighted by Crippen LogP contribution is 2.30. The molecule has 0 aliphatic carbocycles. The molecule has 0 bridgehead atoms. The summed E-state index contributed by atoms with van der Waals surface area (Å²) in [7, 11) is 1.57. The maximum absolute atomic E-state index is 13.2. The average molecular weight is 422 g/mol. The van der Waals surface area contributed by atoms with E-state index >= 15 is 0 Å². The fourth-order valence-electron chi connectivity index (χ4n) is 3.81. The molecule has 0 saturated heterocycles. The third-order valence-corrected chi connectivity index (χ3v) is 5.59. The Kier molecular flexibility index (Phi) is 4.86. The monoisotopic (exact) mass is 422 g/mol. The fraction of sp³-hybridized carbons (Fsp3) is 0.111. The topological polar surface area (TPSA) is 64.4 Å². The lowest BCUT2D eigenvalue weighted by atomic mass is 10.0. The maximum atomic E-state index is 13.2. The molecule has 0 saturated carbocycles. The van der Waals surface area contributed by atoms with Gasteiger partial charge in [-0.25, -0.2) is 4.98 Å². The van der Waals surface area contributed by atoms with Crippen molar-refractivity contribution in [3.63, 3.8) is 0 Å². The molecule has 0 atom stereocenters. The highest BCUT2D eigenvalue weighted by Gasteiger charge is 2.16. The van der Waals surface area contributed by atoms with E-state index < -0.39 is 0 Å². The molecule has 5 heteroatoms. The SMILES string of the molecule is COc1cc2ccccc2cc1C(=O)Nc1cc(-c2nc3cc(C)ccc3o2)ccc1C. The van der Waals surface area contributed by atoms with Crippen molar-refractivity contribution in [2.75, 3.05) is 12.4 Å². The van der Waals surface area contributed by atoms with Crippen molar-refractivity contribution in [2.45, 2.75) is 13.8 Å². The Bertz CT molecular complexity index is 1480. The number of benzene rings is 4. The Morgan fingerprint density at radius 1 is 0.938 bits per heavy atom. The van der Waals surface area contributed by atoms with E-state index in [1.54, 1.807) is 7.11 Å². The molecule has 0 aliphatic rings. The van der Waals surface area contributed by atoms with Crippen LogP contribution in [0.15, 0.2) is 77.2 Å². The summed E-state index contributed by atoms with van der Waals surface area (Å²) in [5.74, 6) is 0.815. The summed E-state index contributed by atoms with van der Waals surface area (Å²) >= 11 is 0. The van der Waals surface area contributed by atoms with E-state index in [1.165, 1.54) is 0 Å². The average Bonchev–Trinajstić information content (AvgIpc) is 3.22. The number of oxazole rings is 1. The van der Waals surface area contributed by atoms with Crippen LogP contribution in [0.1, 0.15) is 21.5 Å². The van der Waals surface area contributed by atoms with Crippen molar-refractivity contribution >= 4 is 33.5 Å². The molecule has 0 spiro atoms. The second kappa shape index (κ2) is 7.85. The lowest BCUT2D eigenvalue weighted by molar-refractivity contribution is 0.102. The van der Waals surface area contributed by atoms with E-state index in [-0.39, 0.29) is 5.91 Å². The summed E-state index contributed by atoms with van der Waals surface area (Å²) in [6.45, 7) is 3.97. The number of nitrogens with zero attached hydrogens (tertiary/aromatic N) is 1. The molecule has 0 aliphatic heterocycles. The zero-order chi connectivity index (χ0) is 22.2. The second-order valence-corrected chi connectivity index (χ2v) is 7.87. The quantitative estimate of drug-likeness (QED) is 0.358. The van der Waals surface area contributed by atoms with Crippen LogP contribution in [0.25, 0.3) is 33.3 Å². The molecule has 158 valence electrons. The van der Waals surface area contributed by atoms with Gasteiger partial charge in [-0.1, -0.05) is 36.4 Å². The number of aromatic nitrogens is 1. The van der Waals surface area contributed by atoms with Gasteiger partial charge in [-0.05, 0) is 72.1 Å². The lowest BCUT2D eigenvalue weighted by Crippen LogP contribution is -2.14. The van der Waals surface area contributed by atoms with Crippen LogP contribution < -0.4 is 10.1 Å². The number of methoxy groups -OCH3 is 1. The van der Waals surface area contributed by atoms with E-state index in [2.05, 4.69) is 10.3 Å². The normalized spacial score (nSPS) is 11.1. The van der Waals surface area contributed by atoms with Crippen molar-refractivity contribution in [1.29, 1.82) is 0 Å². The second-order valence-electron chi connectivity index (χ2n) is 7.87. The lowest BCUT2D eigenvalue weighted by Gasteiger charge is -2.13. The number of hydrogen-bond donors (Lipinski definition) is 1. The Hall–Kier alpha value is -4.12. The first-order chi connectivity index (χ1) is 15.5. The summed E-state index contributed by atoms with van der Waals surface area (Å²) in [6.07, 6.45) is 0. The van der Waals surface area contributed by atoms with E-state index in [9.17, 15) is 4.79 Å². The predicted octanol–water partition coefficient (Wildman–Crippen LogP) is 6.53. The smallest absolute Gasteiger partial charge is 0.259 e. The van der Waals surface area contributed by atoms with Gasteiger partial charge >= 0.3 is 0 Å². The van der Waals surface area contributed by atoms with Gasteiger partial charge in [0, 0.05) is 11.3 Å². The van der Waals surface area contributed by atoms with Gasteiger partial charge in [0.25, 0.3) is 5.91 Å². The number of rotatable bonds is 4. The zero-order valence-corrected chi connectivity index (χ0v) is 18.1. The summed E-state index contributed by atoms with van der Waals surface area (Å²) in [5, 5.41) is 5.03. The van der Waals surface area contributed by atoms with Crippen LogP contribution in [0.5, 0.6) is 5.75 Å². The molecule has 5 aromatic rings. The van der Waals surface area contributed by atoms with E-state index in [0.29, 0.717) is 22.9 Å². The fourth-order valence-corrected chi connectivity index (χ4v) is 3.81. The summed E-state index contributed by atoms with van der Waals surface area (Å²) in [5.41, 5.74) is 5.58. The van der Waals surface area contributed by atoms with Gasteiger partial charge < -0.3 is 14.5 Å². The minimum atomic E-state index is -0.235. The van der Waals surface area contributed by atoms with Gasteiger partial charge in [-0.2, -0.15) is 0 Å². The first-order valence-electron chi connectivity index (χ1n) is 10.4. The van der Waals surface area contributed by atoms with Crippen LogP contribution in [0.3, 0.4) is 0 Å². The number of carbonyl (C=O) groups excluding carboxylic acids is 1. The van der Waals surface area contributed by atoms with Gasteiger partial charge in [-0.3, -0.25) is 4.79 Å². The van der Waals surface area contributed by atoms with Gasteiger partial charge in [-0.15, -0.1) is 0 Å². The maximum Gasteiger partial charge on any atom is 0.259 e. The predicted molar refractivity (Wildman–Crippen MR) is 127 cm³/mol. The molecular weight excluding hydrogens is 400 g/mol. The van der Waals surface area contributed by atoms with Gasteiger partial charge in [0.15, 0.2) is 5.58 Å². The van der Waals surface area contributed by atoms with Crippen molar-refractivity contribution < 1.29 is 13.9 Å². The number of amides is 1. The molecular formula is C27H22N2O3. The number of anilines is 1. The van der Waals surface area contributed by atoms with Crippen LogP contribution in [0.4, 0.5) is 5.69 Å². The zero-order valence-electron chi connectivity index (χ0n) is 18.1. The first kappa shape index (κ1) is 19.8. The van der Waals surface area contributed by atoms with Gasteiger partial charge in [0.05, 0.1) is 12.7 Å². The van der Waals surface area contributed by atoms with E-state index in [4.69, 9.17) is 9.15 Å². The minimum absolute atomic E-state index is 0.235. The van der Waals surface area contributed by atoms with Crippen LogP contribution in [0.2, 0.25) is 0 Å². The number of ether oxygens (including phenoxy) is 1. The van der Waals surface area contributed by atoms with Crippen molar-refractivity contribution in [2.24, 2.45) is 0 Å². The van der Waals surface area contributed by atoms with Crippen LogP contribution in [0, 0.1) is 13.8 Å². The largest absolute Gasteiger partial charge is 0.496 e. The Labute approximate surface area is 185 Å². The minimum Gasteiger partial charge on any atom is -0.496 e. The molecule has 4 aromatic carbocycles. The number of nitrogens with one attached hydrogen (secondary N) is 1. The molecule has 32 heavy (non-hydrogen) atoms. The molecule has 5 rings (SSSR count). The molecule has 0 fully saturated rings. The van der Waals surface area contributed by atoms with Crippen LogP contribution >= 0.6 is 0 Å².